The molecule has 0 radical (unpaired) electrons. The van der Waals surface area contributed by atoms with Crippen molar-refractivity contribution >= 4 is 0 Å². The molecular formula is C26H40O7. The van der Waals surface area contributed by atoms with Crippen molar-refractivity contribution in [2.75, 3.05) is 13.2 Å². The summed E-state index contributed by atoms with van der Waals surface area (Å²) >= 11 is 0. The molecule has 0 bridgehead atoms. The van der Waals surface area contributed by atoms with Crippen LogP contribution in [0.4, 0.5) is 0 Å². The summed E-state index contributed by atoms with van der Waals surface area (Å²) < 4.78 is 42.4. The largest absolute Gasteiger partial charge is 0.494 e. The maximum absolute atomic E-state index is 6.20. The first kappa shape index (κ1) is 24.7. The third-order valence-corrected chi connectivity index (χ3v) is 6.26. The Bertz CT molecular complexity index is 748. The van der Waals surface area contributed by atoms with Crippen LogP contribution in [0.25, 0.3) is 0 Å². The summed E-state index contributed by atoms with van der Waals surface area (Å²) in [7, 11) is 0. The lowest BCUT2D eigenvalue weighted by molar-refractivity contribution is -0.238. The Balaban J connectivity index is 1.26. The number of unbranched alkanes of at least 4 members (excludes halogenated alkanes) is 5. The van der Waals surface area contributed by atoms with E-state index in [4.69, 9.17) is 33.2 Å². The third kappa shape index (κ3) is 6.40. The molecule has 0 N–H and O–H groups in total. The number of fused-ring (bicyclic) bond motifs is 3. The van der Waals surface area contributed by atoms with Gasteiger partial charge in [-0.05, 0) is 58.4 Å². The number of hydrogen-bond acceptors (Lipinski definition) is 7. The summed E-state index contributed by atoms with van der Waals surface area (Å²) in [6.45, 7) is 10.9. The lowest BCUT2D eigenvalue weighted by Gasteiger charge is -2.37. The maximum Gasteiger partial charge on any atom is 0.190 e. The first-order valence-electron chi connectivity index (χ1n) is 12.5. The second-order valence-corrected chi connectivity index (χ2v) is 10.1. The molecule has 186 valence electrons. The lowest BCUT2D eigenvalue weighted by Crippen LogP contribution is -2.56. The number of ether oxygens (including phenoxy) is 7. The van der Waals surface area contributed by atoms with E-state index in [2.05, 4.69) is 6.92 Å². The highest BCUT2D eigenvalue weighted by molar-refractivity contribution is 5.31. The number of benzene rings is 1. The van der Waals surface area contributed by atoms with E-state index in [0.717, 1.165) is 24.5 Å². The van der Waals surface area contributed by atoms with Gasteiger partial charge in [0.15, 0.2) is 17.9 Å². The summed E-state index contributed by atoms with van der Waals surface area (Å²) in [6, 6.07) is 7.74. The van der Waals surface area contributed by atoms with Gasteiger partial charge in [0.25, 0.3) is 0 Å². The molecule has 0 spiro atoms. The van der Waals surface area contributed by atoms with Gasteiger partial charge in [-0.1, -0.05) is 39.0 Å². The van der Waals surface area contributed by atoms with E-state index in [0.29, 0.717) is 6.61 Å². The molecule has 1 aromatic carbocycles. The number of rotatable bonds is 11. The summed E-state index contributed by atoms with van der Waals surface area (Å²) in [6.07, 6.45) is 5.79. The van der Waals surface area contributed by atoms with Gasteiger partial charge in [0.1, 0.15) is 42.5 Å². The van der Waals surface area contributed by atoms with Crippen molar-refractivity contribution in [1.82, 2.24) is 0 Å². The molecule has 0 unspecified atom stereocenters. The minimum Gasteiger partial charge on any atom is -0.494 e. The van der Waals surface area contributed by atoms with Gasteiger partial charge >= 0.3 is 0 Å². The molecule has 3 saturated heterocycles. The Labute approximate surface area is 198 Å². The fourth-order valence-electron chi connectivity index (χ4n) is 4.71. The highest BCUT2D eigenvalue weighted by Crippen LogP contribution is 2.44. The molecule has 7 nitrogen and oxygen atoms in total. The second-order valence-electron chi connectivity index (χ2n) is 10.1. The molecule has 0 aliphatic carbocycles. The van der Waals surface area contributed by atoms with Crippen molar-refractivity contribution in [3.63, 3.8) is 0 Å². The fraction of sp³-hybridized carbons (Fsp3) is 0.769. The van der Waals surface area contributed by atoms with Gasteiger partial charge in [0, 0.05) is 0 Å². The van der Waals surface area contributed by atoms with Crippen molar-refractivity contribution in [2.24, 2.45) is 0 Å². The van der Waals surface area contributed by atoms with Gasteiger partial charge in [-0.3, -0.25) is 0 Å². The van der Waals surface area contributed by atoms with Crippen LogP contribution in [0.2, 0.25) is 0 Å². The third-order valence-electron chi connectivity index (χ3n) is 6.26. The molecule has 3 fully saturated rings. The monoisotopic (exact) mass is 464 g/mol. The average Bonchev–Trinajstić information content (AvgIpc) is 3.26. The van der Waals surface area contributed by atoms with Crippen LogP contribution < -0.4 is 9.47 Å². The molecule has 4 rings (SSSR count). The molecule has 7 heteroatoms. The van der Waals surface area contributed by atoms with Gasteiger partial charge in [-0.2, -0.15) is 0 Å². The van der Waals surface area contributed by atoms with Crippen LogP contribution in [-0.2, 0) is 23.7 Å². The Kier molecular flexibility index (Phi) is 7.86. The lowest BCUT2D eigenvalue weighted by atomic mass is 9.99. The van der Waals surface area contributed by atoms with Crippen LogP contribution in [0.15, 0.2) is 24.3 Å². The van der Waals surface area contributed by atoms with Crippen LogP contribution in [0.5, 0.6) is 11.5 Å². The van der Waals surface area contributed by atoms with E-state index in [1.165, 1.54) is 32.1 Å². The highest BCUT2D eigenvalue weighted by atomic mass is 16.9. The van der Waals surface area contributed by atoms with E-state index in [1.54, 1.807) is 0 Å². The molecule has 33 heavy (non-hydrogen) atoms. The standard InChI is InChI=1S/C26H40O7/c1-6-7-8-9-10-11-16-27-18-12-14-19(15-13-18)28-17-20-21-22(31-25(2,3)30-21)23-24(29-20)33-26(4,5)32-23/h12-15,20-24H,6-11,16-17H2,1-5H3/t20-,21+,22+,23-,24-/m1/s1. The zero-order valence-electron chi connectivity index (χ0n) is 20.7. The van der Waals surface area contributed by atoms with Crippen LogP contribution in [-0.4, -0.2) is 55.5 Å². The van der Waals surface area contributed by atoms with E-state index < -0.39 is 17.9 Å². The fourth-order valence-corrected chi connectivity index (χ4v) is 4.71. The van der Waals surface area contributed by atoms with Crippen molar-refractivity contribution in [3.05, 3.63) is 24.3 Å². The molecular weight excluding hydrogens is 424 g/mol. The topological polar surface area (TPSA) is 64.6 Å². The normalized spacial score (nSPS) is 31.7. The van der Waals surface area contributed by atoms with Crippen LogP contribution >= 0.6 is 0 Å². The van der Waals surface area contributed by atoms with Crippen LogP contribution in [0, 0.1) is 0 Å². The first-order valence-corrected chi connectivity index (χ1v) is 12.5. The summed E-state index contributed by atoms with van der Waals surface area (Å²) in [5.41, 5.74) is 0. The van der Waals surface area contributed by atoms with E-state index in [-0.39, 0.29) is 24.4 Å². The first-order chi connectivity index (χ1) is 15.8. The minimum atomic E-state index is -0.725. The average molecular weight is 465 g/mol. The molecule has 0 saturated carbocycles. The SMILES string of the molecule is CCCCCCCCOc1ccc(OC[C@H]2O[C@@H]3OC(C)(C)O[C@@H]3[C@H]3OC(C)(C)O[C@H]32)cc1. The summed E-state index contributed by atoms with van der Waals surface area (Å²) in [5.74, 6) is 0.181. The van der Waals surface area contributed by atoms with Gasteiger partial charge in [0.2, 0.25) is 0 Å². The van der Waals surface area contributed by atoms with Gasteiger partial charge in [-0.25, -0.2) is 0 Å². The Morgan fingerprint density at radius 2 is 1.27 bits per heavy atom. The molecule has 3 heterocycles. The Morgan fingerprint density at radius 1 is 0.697 bits per heavy atom. The van der Waals surface area contributed by atoms with Crippen LogP contribution in [0.3, 0.4) is 0 Å². The quantitative estimate of drug-likeness (QED) is 0.417. The zero-order valence-corrected chi connectivity index (χ0v) is 20.7. The predicted molar refractivity (Wildman–Crippen MR) is 123 cm³/mol. The Hall–Kier alpha value is -1.38. The Morgan fingerprint density at radius 3 is 2.00 bits per heavy atom. The summed E-state index contributed by atoms with van der Waals surface area (Å²) in [5, 5.41) is 0. The van der Waals surface area contributed by atoms with E-state index in [9.17, 15) is 0 Å². The van der Waals surface area contributed by atoms with Gasteiger partial charge in [-0.15, -0.1) is 0 Å². The van der Waals surface area contributed by atoms with Crippen molar-refractivity contribution in [3.8, 4) is 11.5 Å². The molecule has 3 aliphatic rings. The van der Waals surface area contributed by atoms with Crippen molar-refractivity contribution < 1.29 is 33.2 Å². The smallest absolute Gasteiger partial charge is 0.190 e. The molecule has 5 atom stereocenters. The second kappa shape index (κ2) is 10.5. The maximum atomic E-state index is 6.20. The van der Waals surface area contributed by atoms with Crippen molar-refractivity contribution in [1.29, 1.82) is 0 Å². The molecule has 3 aliphatic heterocycles. The molecule has 0 aromatic heterocycles. The van der Waals surface area contributed by atoms with Crippen LogP contribution in [0.1, 0.15) is 73.1 Å². The zero-order chi connectivity index (χ0) is 23.5. The highest BCUT2D eigenvalue weighted by Gasteiger charge is 2.60. The summed E-state index contributed by atoms with van der Waals surface area (Å²) in [4.78, 5) is 0. The van der Waals surface area contributed by atoms with E-state index >= 15 is 0 Å². The van der Waals surface area contributed by atoms with Crippen molar-refractivity contribution in [2.45, 2.75) is 115 Å². The minimum absolute atomic E-state index is 0.271. The van der Waals surface area contributed by atoms with E-state index in [1.807, 2.05) is 52.0 Å². The molecule has 0 amide bonds. The predicted octanol–water partition coefficient (Wildman–Crippen LogP) is 5.20. The van der Waals surface area contributed by atoms with Gasteiger partial charge in [0.05, 0.1) is 6.61 Å². The van der Waals surface area contributed by atoms with Gasteiger partial charge < -0.3 is 33.2 Å². The number of hydrogen-bond donors (Lipinski definition) is 0. The molecule has 1 aromatic rings.